The average molecular weight is 402 g/mol. The number of hydrogen-bond acceptors (Lipinski definition) is 3. The van der Waals surface area contributed by atoms with E-state index in [0.717, 1.165) is 32.7 Å². The Balaban J connectivity index is 1.82. The van der Waals surface area contributed by atoms with E-state index in [1.54, 1.807) is 18.0 Å². The second kappa shape index (κ2) is 6.84. The topological polar surface area (TPSA) is 66.8 Å². The Labute approximate surface area is 155 Å². The van der Waals surface area contributed by atoms with Crippen LogP contribution in [-0.4, -0.2) is 37.8 Å². The monoisotopic (exact) mass is 401 g/mol. The number of carbonyl (C=O) groups is 1. The van der Waals surface area contributed by atoms with Crippen LogP contribution in [0.15, 0.2) is 34.8 Å². The first kappa shape index (κ1) is 17.4. The molecule has 1 N–H and O–H groups in total. The lowest BCUT2D eigenvalue weighted by Gasteiger charge is -2.17. The standard InChI is InChI=1S/C18H20BrN5O/c1-11-17(12(2)24(4)22-11)15-9-16(21-20-15)18(25)23(3)10-13-7-5-6-8-14(13)19/h5-9H,10H2,1-4H3,(H,20,21). The lowest BCUT2D eigenvalue weighted by atomic mass is 10.1. The molecule has 3 aromatic rings. The van der Waals surface area contributed by atoms with Crippen LogP contribution in [0.4, 0.5) is 0 Å². The van der Waals surface area contributed by atoms with E-state index >= 15 is 0 Å². The fraction of sp³-hybridized carbons (Fsp3) is 0.278. The van der Waals surface area contributed by atoms with Gasteiger partial charge in [-0.1, -0.05) is 34.1 Å². The van der Waals surface area contributed by atoms with Crippen LogP contribution in [0.2, 0.25) is 0 Å². The Morgan fingerprint density at radius 2 is 2.04 bits per heavy atom. The van der Waals surface area contributed by atoms with E-state index in [1.807, 2.05) is 49.8 Å². The molecule has 6 nitrogen and oxygen atoms in total. The van der Waals surface area contributed by atoms with Crippen molar-refractivity contribution in [2.24, 2.45) is 7.05 Å². The van der Waals surface area contributed by atoms with Crippen LogP contribution in [0.5, 0.6) is 0 Å². The van der Waals surface area contributed by atoms with E-state index in [4.69, 9.17) is 0 Å². The van der Waals surface area contributed by atoms with Gasteiger partial charge in [-0.3, -0.25) is 14.6 Å². The fourth-order valence-corrected chi connectivity index (χ4v) is 3.27. The van der Waals surface area contributed by atoms with E-state index < -0.39 is 0 Å². The smallest absolute Gasteiger partial charge is 0.271 e. The summed E-state index contributed by atoms with van der Waals surface area (Å²) in [4.78, 5) is 14.4. The Morgan fingerprint density at radius 1 is 1.32 bits per heavy atom. The van der Waals surface area contributed by atoms with E-state index in [2.05, 4.69) is 31.2 Å². The van der Waals surface area contributed by atoms with Gasteiger partial charge in [0.05, 0.1) is 11.4 Å². The maximum absolute atomic E-state index is 12.7. The highest BCUT2D eigenvalue weighted by atomic mass is 79.9. The number of amides is 1. The minimum atomic E-state index is -0.103. The molecule has 0 saturated carbocycles. The predicted molar refractivity (Wildman–Crippen MR) is 100 cm³/mol. The van der Waals surface area contributed by atoms with Crippen LogP contribution in [0.25, 0.3) is 11.3 Å². The molecule has 25 heavy (non-hydrogen) atoms. The summed E-state index contributed by atoms with van der Waals surface area (Å²) in [5, 5.41) is 11.6. The van der Waals surface area contributed by atoms with Crippen molar-refractivity contribution >= 4 is 21.8 Å². The van der Waals surface area contributed by atoms with Gasteiger partial charge in [-0.2, -0.15) is 10.2 Å². The van der Waals surface area contributed by atoms with Crippen molar-refractivity contribution in [2.45, 2.75) is 20.4 Å². The van der Waals surface area contributed by atoms with Crippen LogP contribution in [0.1, 0.15) is 27.4 Å². The molecule has 0 unspecified atom stereocenters. The number of benzene rings is 1. The number of hydrogen-bond donors (Lipinski definition) is 1. The lowest BCUT2D eigenvalue weighted by Crippen LogP contribution is -2.26. The fourth-order valence-electron chi connectivity index (χ4n) is 2.86. The van der Waals surface area contributed by atoms with Crippen molar-refractivity contribution in [3.63, 3.8) is 0 Å². The molecular formula is C18H20BrN5O. The zero-order chi connectivity index (χ0) is 18.1. The van der Waals surface area contributed by atoms with Crippen LogP contribution < -0.4 is 0 Å². The average Bonchev–Trinajstić information content (AvgIpc) is 3.14. The Kier molecular flexibility index (Phi) is 4.76. The van der Waals surface area contributed by atoms with E-state index in [9.17, 15) is 4.79 Å². The predicted octanol–water partition coefficient (Wildman–Crippen LogP) is 3.46. The zero-order valence-electron chi connectivity index (χ0n) is 14.7. The van der Waals surface area contributed by atoms with Crippen molar-refractivity contribution < 1.29 is 4.79 Å². The highest BCUT2D eigenvalue weighted by Gasteiger charge is 2.19. The summed E-state index contributed by atoms with van der Waals surface area (Å²) in [5.41, 5.74) is 5.13. The van der Waals surface area contributed by atoms with Crippen LogP contribution >= 0.6 is 15.9 Å². The van der Waals surface area contributed by atoms with Gasteiger partial charge >= 0.3 is 0 Å². The molecule has 2 heterocycles. The number of aromatic amines is 1. The van der Waals surface area contributed by atoms with Crippen molar-refractivity contribution in [3.05, 3.63) is 57.4 Å². The summed E-state index contributed by atoms with van der Waals surface area (Å²) < 4.78 is 2.81. The Bertz CT molecular complexity index is 927. The van der Waals surface area contributed by atoms with Crippen molar-refractivity contribution in [1.29, 1.82) is 0 Å². The van der Waals surface area contributed by atoms with E-state index in [0.29, 0.717) is 12.2 Å². The van der Waals surface area contributed by atoms with Gasteiger partial charge in [-0.15, -0.1) is 0 Å². The highest BCUT2D eigenvalue weighted by Crippen LogP contribution is 2.25. The third-order valence-corrected chi connectivity index (χ3v) is 5.06. The third kappa shape index (κ3) is 3.37. The number of carbonyl (C=O) groups excluding carboxylic acids is 1. The van der Waals surface area contributed by atoms with Gasteiger partial charge in [0.15, 0.2) is 0 Å². The molecule has 130 valence electrons. The third-order valence-electron chi connectivity index (χ3n) is 4.29. The molecule has 0 aliphatic carbocycles. The molecule has 1 amide bonds. The second-order valence-corrected chi connectivity index (χ2v) is 6.94. The first-order chi connectivity index (χ1) is 11.9. The molecule has 2 aromatic heterocycles. The summed E-state index contributed by atoms with van der Waals surface area (Å²) >= 11 is 3.52. The quantitative estimate of drug-likeness (QED) is 0.727. The molecule has 0 radical (unpaired) electrons. The molecule has 0 aliphatic rings. The summed E-state index contributed by atoms with van der Waals surface area (Å²) in [7, 11) is 3.68. The SMILES string of the molecule is Cc1nn(C)c(C)c1-c1cc(C(=O)N(C)Cc2ccccc2Br)[nH]n1. The number of nitrogens with one attached hydrogen (secondary N) is 1. The van der Waals surface area contributed by atoms with Gasteiger partial charge in [0.1, 0.15) is 5.69 Å². The summed E-state index contributed by atoms with van der Waals surface area (Å²) in [6.07, 6.45) is 0. The largest absolute Gasteiger partial charge is 0.336 e. The Morgan fingerprint density at radius 3 is 2.68 bits per heavy atom. The molecule has 0 aliphatic heterocycles. The summed E-state index contributed by atoms with van der Waals surface area (Å²) in [6, 6.07) is 9.66. The molecule has 0 atom stereocenters. The van der Waals surface area contributed by atoms with Gasteiger partial charge < -0.3 is 4.90 Å². The van der Waals surface area contributed by atoms with Crippen LogP contribution in [-0.2, 0) is 13.6 Å². The molecule has 0 spiro atoms. The van der Waals surface area contributed by atoms with Crippen LogP contribution in [0.3, 0.4) is 0 Å². The van der Waals surface area contributed by atoms with E-state index in [-0.39, 0.29) is 5.91 Å². The van der Waals surface area contributed by atoms with Gasteiger partial charge in [-0.05, 0) is 31.5 Å². The minimum Gasteiger partial charge on any atom is -0.336 e. The first-order valence-electron chi connectivity index (χ1n) is 7.93. The number of aromatic nitrogens is 4. The number of halogens is 1. The Hall–Kier alpha value is -2.41. The molecule has 3 rings (SSSR count). The first-order valence-corrected chi connectivity index (χ1v) is 8.72. The van der Waals surface area contributed by atoms with Gasteiger partial charge in [0, 0.05) is 36.4 Å². The number of aryl methyl sites for hydroxylation is 2. The number of H-pyrrole nitrogens is 1. The zero-order valence-corrected chi connectivity index (χ0v) is 16.3. The molecule has 1 aromatic carbocycles. The van der Waals surface area contributed by atoms with E-state index in [1.165, 1.54) is 0 Å². The van der Waals surface area contributed by atoms with Gasteiger partial charge in [-0.25, -0.2) is 0 Å². The summed E-state index contributed by atoms with van der Waals surface area (Å²) in [6.45, 7) is 4.45. The molecule has 0 fully saturated rings. The minimum absolute atomic E-state index is 0.103. The molecular weight excluding hydrogens is 382 g/mol. The van der Waals surface area contributed by atoms with Crippen molar-refractivity contribution in [3.8, 4) is 11.3 Å². The number of rotatable bonds is 4. The van der Waals surface area contributed by atoms with Gasteiger partial charge in [0.2, 0.25) is 0 Å². The van der Waals surface area contributed by atoms with Gasteiger partial charge in [0.25, 0.3) is 5.91 Å². The van der Waals surface area contributed by atoms with Crippen molar-refractivity contribution in [2.75, 3.05) is 7.05 Å². The molecule has 7 heteroatoms. The van der Waals surface area contributed by atoms with Crippen molar-refractivity contribution in [1.82, 2.24) is 24.9 Å². The maximum Gasteiger partial charge on any atom is 0.271 e. The normalized spacial score (nSPS) is 10.9. The number of nitrogens with zero attached hydrogens (tertiary/aromatic N) is 4. The second-order valence-electron chi connectivity index (χ2n) is 6.09. The maximum atomic E-state index is 12.7. The summed E-state index contributed by atoms with van der Waals surface area (Å²) in [5.74, 6) is -0.103. The molecule has 0 saturated heterocycles. The van der Waals surface area contributed by atoms with Crippen LogP contribution in [0, 0.1) is 13.8 Å². The molecule has 0 bridgehead atoms. The lowest BCUT2D eigenvalue weighted by molar-refractivity contribution is 0.0779. The highest BCUT2D eigenvalue weighted by molar-refractivity contribution is 9.10.